The molecule has 7 nitrogen and oxygen atoms in total. The van der Waals surface area contributed by atoms with Gasteiger partial charge in [0, 0.05) is 32.1 Å². The van der Waals surface area contributed by atoms with Gasteiger partial charge in [-0.15, -0.1) is 0 Å². The average molecular weight is 391 g/mol. The van der Waals surface area contributed by atoms with Crippen LogP contribution in [0.15, 0.2) is 23.2 Å². The molecule has 0 saturated carbocycles. The Balaban J connectivity index is 1.89. The summed E-state index contributed by atoms with van der Waals surface area (Å²) in [5.74, 6) is 2.31. The van der Waals surface area contributed by atoms with Crippen LogP contribution >= 0.6 is 0 Å². The summed E-state index contributed by atoms with van der Waals surface area (Å²) in [5.41, 5.74) is 1.02. The zero-order valence-corrected chi connectivity index (χ0v) is 17.6. The van der Waals surface area contributed by atoms with E-state index in [0.29, 0.717) is 43.0 Å². The Morgan fingerprint density at radius 1 is 1.21 bits per heavy atom. The van der Waals surface area contributed by atoms with Crippen molar-refractivity contribution < 1.29 is 14.3 Å². The number of carbonyl (C=O) groups excluding carboxylic acids is 1. The standard InChI is InChI=1S/C21H34N4O3/c1-5-22-21(23-12-11-20(26)25-13-7-6-8-16(25)2)24-15-17-9-10-18(27-3)19(14-17)28-4/h9-10,14,16H,5-8,11-13,15H2,1-4H3,(H2,22,23,24). The number of hydrogen-bond donors (Lipinski definition) is 2. The molecule has 0 spiro atoms. The molecule has 1 aromatic carbocycles. The highest BCUT2D eigenvalue weighted by Crippen LogP contribution is 2.27. The van der Waals surface area contributed by atoms with Crippen molar-refractivity contribution in [3.63, 3.8) is 0 Å². The minimum Gasteiger partial charge on any atom is -0.493 e. The first-order chi connectivity index (χ1) is 13.6. The molecule has 156 valence electrons. The maximum atomic E-state index is 12.5. The second-order valence-electron chi connectivity index (χ2n) is 6.99. The zero-order valence-electron chi connectivity index (χ0n) is 17.6. The first-order valence-corrected chi connectivity index (χ1v) is 10.1. The van der Waals surface area contributed by atoms with E-state index in [2.05, 4.69) is 22.5 Å². The number of rotatable bonds is 8. The Kier molecular flexibility index (Phi) is 8.91. The first kappa shape index (κ1) is 21.9. The van der Waals surface area contributed by atoms with Gasteiger partial charge in [-0.3, -0.25) is 4.79 Å². The zero-order chi connectivity index (χ0) is 20.4. The van der Waals surface area contributed by atoms with Crippen LogP contribution in [0, 0.1) is 0 Å². The number of piperidine rings is 1. The molecule has 1 unspecified atom stereocenters. The summed E-state index contributed by atoms with van der Waals surface area (Å²) in [6.07, 6.45) is 3.91. The minimum absolute atomic E-state index is 0.218. The molecule has 1 aliphatic heterocycles. The van der Waals surface area contributed by atoms with Gasteiger partial charge < -0.3 is 25.0 Å². The molecule has 0 bridgehead atoms. The molecule has 1 atom stereocenters. The third kappa shape index (κ3) is 6.32. The van der Waals surface area contributed by atoms with E-state index in [-0.39, 0.29) is 5.91 Å². The number of likely N-dealkylation sites (tertiary alicyclic amines) is 1. The summed E-state index contributed by atoms with van der Waals surface area (Å²) in [7, 11) is 3.24. The van der Waals surface area contributed by atoms with E-state index in [4.69, 9.17) is 9.47 Å². The maximum Gasteiger partial charge on any atom is 0.224 e. The molecule has 1 aliphatic rings. The van der Waals surface area contributed by atoms with E-state index in [9.17, 15) is 4.79 Å². The van der Waals surface area contributed by atoms with Crippen molar-refractivity contribution in [1.29, 1.82) is 0 Å². The van der Waals surface area contributed by atoms with Crippen LogP contribution in [0.4, 0.5) is 0 Å². The molecule has 2 rings (SSSR count). The van der Waals surface area contributed by atoms with Crippen molar-refractivity contribution in [2.24, 2.45) is 4.99 Å². The molecule has 28 heavy (non-hydrogen) atoms. The van der Waals surface area contributed by atoms with Crippen LogP contribution in [-0.2, 0) is 11.3 Å². The van der Waals surface area contributed by atoms with Crippen molar-refractivity contribution in [3.05, 3.63) is 23.8 Å². The van der Waals surface area contributed by atoms with Crippen molar-refractivity contribution in [2.45, 2.75) is 52.1 Å². The number of methoxy groups -OCH3 is 2. The van der Waals surface area contributed by atoms with Crippen molar-refractivity contribution >= 4 is 11.9 Å². The maximum absolute atomic E-state index is 12.5. The third-order valence-corrected chi connectivity index (χ3v) is 4.97. The molecule has 0 radical (unpaired) electrons. The summed E-state index contributed by atoms with van der Waals surface area (Å²) in [5, 5.41) is 6.49. The topological polar surface area (TPSA) is 75.2 Å². The predicted molar refractivity (Wildman–Crippen MR) is 112 cm³/mol. The summed E-state index contributed by atoms with van der Waals surface area (Å²) in [6.45, 7) is 6.88. The fraction of sp³-hybridized carbons (Fsp3) is 0.619. The van der Waals surface area contributed by atoms with Gasteiger partial charge in [0.1, 0.15) is 0 Å². The quantitative estimate of drug-likeness (QED) is 0.527. The minimum atomic E-state index is 0.218. The molecule has 1 fully saturated rings. The van der Waals surface area contributed by atoms with Crippen LogP contribution in [0.3, 0.4) is 0 Å². The van der Waals surface area contributed by atoms with Crippen molar-refractivity contribution in [1.82, 2.24) is 15.5 Å². The first-order valence-electron chi connectivity index (χ1n) is 10.1. The second-order valence-corrected chi connectivity index (χ2v) is 6.99. The molecule has 1 heterocycles. The molecule has 1 saturated heterocycles. The van der Waals surface area contributed by atoms with E-state index in [1.807, 2.05) is 30.0 Å². The molecular weight excluding hydrogens is 356 g/mol. The van der Waals surface area contributed by atoms with E-state index >= 15 is 0 Å². The monoisotopic (exact) mass is 390 g/mol. The summed E-state index contributed by atoms with van der Waals surface area (Å²) in [4.78, 5) is 19.1. The summed E-state index contributed by atoms with van der Waals surface area (Å²) in [6, 6.07) is 6.12. The van der Waals surface area contributed by atoms with Gasteiger partial charge in [0.15, 0.2) is 17.5 Å². The largest absolute Gasteiger partial charge is 0.493 e. The number of aliphatic imine (C=N–C) groups is 1. The van der Waals surface area contributed by atoms with Gasteiger partial charge in [0.05, 0.1) is 20.8 Å². The van der Waals surface area contributed by atoms with Gasteiger partial charge in [-0.25, -0.2) is 4.99 Å². The molecule has 0 aromatic heterocycles. The Morgan fingerprint density at radius 3 is 2.68 bits per heavy atom. The van der Waals surface area contributed by atoms with Gasteiger partial charge >= 0.3 is 0 Å². The van der Waals surface area contributed by atoms with Crippen LogP contribution < -0.4 is 20.1 Å². The van der Waals surface area contributed by atoms with E-state index in [0.717, 1.165) is 31.5 Å². The van der Waals surface area contributed by atoms with Crippen molar-refractivity contribution in [3.8, 4) is 11.5 Å². The van der Waals surface area contributed by atoms with E-state index in [1.54, 1.807) is 14.2 Å². The third-order valence-electron chi connectivity index (χ3n) is 4.97. The van der Waals surface area contributed by atoms with Crippen molar-refractivity contribution in [2.75, 3.05) is 33.9 Å². The molecule has 1 aromatic rings. The predicted octanol–water partition coefficient (Wildman–Crippen LogP) is 2.55. The van der Waals surface area contributed by atoms with Gasteiger partial charge in [-0.1, -0.05) is 6.07 Å². The average Bonchev–Trinajstić information content (AvgIpc) is 2.71. The lowest BCUT2D eigenvalue weighted by Crippen LogP contribution is -2.44. The second kappa shape index (κ2) is 11.4. The van der Waals surface area contributed by atoms with Gasteiger partial charge in [-0.05, 0) is 50.8 Å². The number of ether oxygens (including phenoxy) is 2. The number of nitrogens with one attached hydrogen (secondary N) is 2. The fourth-order valence-electron chi connectivity index (χ4n) is 3.39. The van der Waals surface area contributed by atoms with Gasteiger partial charge in [0.2, 0.25) is 5.91 Å². The highest BCUT2D eigenvalue weighted by Gasteiger charge is 2.22. The van der Waals surface area contributed by atoms with Gasteiger partial charge in [0.25, 0.3) is 0 Å². The Hall–Kier alpha value is -2.44. The molecule has 0 aliphatic carbocycles. The van der Waals surface area contributed by atoms with E-state index < -0.39 is 0 Å². The SMILES string of the molecule is CCNC(=NCc1ccc(OC)c(OC)c1)NCCC(=O)N1CCCCC1C. The number of nitrogens with zero attached hydrogens (tertiary/aromatic N) is 2. The Labute approximate surface area is 168 Å². The number of guanidine groups is 1. The number of hydrogen-bond acceptors (Lipinski definition) is 4. The molecule has 1 amide bonds. The number of carbonyl (C=O) groups is 1. The Bertz CT molecular complexity index is 663. The Morgan fingerprint density at radius 2 is 2.00 bits per heavy atom. The number of amides is 1. The van der Waals surface area contributed by atoms with Crippen LogP contribution in [-0.4, -0.2) is 56.7 Å². The molecular formula is C21H34N4O3. The number of benzene rings is 1. The van der Waals surface area contributed by atoms with Crippen LogP contribution in [0.25, 0.3) is 0 Å². The van der Waals surface area contributed by atoms with Gasteiger partial charge in [-0.2, -0.15) is 0 Å². The van der Waals surface area contributed by atoms with Crippen LogP contribution in [0.1, 0.15) is 45.1 Å². The smallest absolute Gasteiger partial charge is 0.224 e. The summed E-state index contributed by atoms with van der Waals surface area (Å²) >= 11 is 0. The summed E-state index contributed by atoms with van der Waals surface area (Å²) < 4.78 is 10.6. The van der Waals surface area contributed by atoms with E-state index in [1.165, 1.54) is 6.42 Å². The highest BCUT2D eigenvalue weighted by molar-refractivity contribution is 5.81. The molecule has 7 heteroatoms. The lowest BCUT2D eigenvalue weighted by atomic mass is 10.0. The normalized spacial score (nSPS) is 17.2. The fourth-order valence-corrected chi connectivity index (χ4v) is 3.39. The lowest BCUT2D eigenvalue weighted by Gasteiger charge is -2.33. The lowest BCUT2D eigenvalue weighted by molar-refractivity contribution is -0.134. The molecule has 2 N–H and O–H groups in total. The van der Waals surface area contributed by atoms with Crippen LogP contribution in [0.5, 0.6) is 11.5 Å². The highest BCUT2D eigenvalue weighted by atomic mass is 16.5. The van der Waals surface area contributed by atoms with Crippen LogP contribution in [0.2, 0.25) is 0 Å².